The van der Waals surface area contributed by atoms with E-state index in [1.54, 1.807) is 0 Å². The van der Waals surface area contributed by atoms with E-state index in [4.69, 9.17) is 41.2 Å². The molecule has 434 valence electrons. The van der Waals surface area contributed by atoms with E-state index in [9.17, 15) is 0 Å². The predicted octanol–water partition coefficient (Wildman–Crippen LogP) is 19.3. The molecule has 0 radical (unpaired) electrons. The molecule has 24 heteroatoms. The summed E-state index contributed by atoms with van der Waals surface area (Å²) in [5.74, 6) is 0. The summed E-state index contributed by atoms with van der Waals surface area (Å²) in [5, 5.41) is 0.257. The van der Waals surface area contributed by atoms with Crippen molar-refractivity contribution in [3.63, 3.8) is 0 Å². The van der Waals surface area contributed by atoms with Crippen LogP contribution in [-0.2, 0) is 41.2 Å². The summed E-state index contributed by atoms with van der Waals surface area (Å²) >= 11 is 0. The second-order valence-corrected chi connectivity index (χ2v) is 93.6. The van der Waals surface area contributed by atoms with Crippen molar-refractivity contribution in [2.24, 2.45) is 0 Å². The van der Waals surface area contributed by atoms with Gasteiger partial charge in [0.05, 0.1) is 0 Å². The van der Waals surface area contributed by atoms with Gasteiger partial charge in [-0.15, -0.1) is 0 Å². The standard InChI is InChI=1S/2C13H36O3Si4.C11H30O2Si3.C10H28O2Si3/c1-13(2,3)18(7,8)15-20(11,12)16-19(9,10)14-17(4,5)6;1-13(2,3)20(14-17(4,5)6,15-18(7,8)9)16-19(10,11)12;1-11(2,3)16(10,12-14(4,5)6)13-15(7,8)9;1-10(2)14(6,7)12-15(8,9)11-13(3,4)5/h2*1-12H3;1-10H3;10H,1-9H3. The fraction of sp³-hybridized carbons (Fsp3) is 1.00. The summed E-state index contributed by atoms with van der Waals surface area (Å²) < 4.78 is 64.7. The number of hydrogen-bond donors (Lipinski definition) is 0. The molecule has 0 heterocycles. The number of rotatable bonds is 21. The highest BCUT2D eigenvalue weighted by Crippen LogP contribution is 2.44. The van der Waals surface area contributed by atoms with Crippen LogP contribution in [0.15, 0.2) is 0 Å². The minimum atomic E-state index is -2.72. The van der Waals surface area contributed by atoms with Crippen LogP contribution in [-0.4, -0.2) is 118 Å². The summed E-state index contributed by atoms with van der Waals surface area (Å²) in [4.78, 5) is 0. The molecule has 0 aliphatic carbocycles. The SMILES string of the molecule is CC(C)(C)[Si](C)(C)O[Si](C)(C)O[Si](C)(C)O[Si](C)(C)C.CC(C)(C)[Si](C)(O[Si](C)(C)C)O[Si](C)(C)C.CC(C)(C)[Si](O[Si](C)(C)C)(O[Si](C)(C)C)O[Si](C)(C)C.CC(C)[Si](C)(C)O[Si](C)(C)O[Si](C)(C)C. The average molecular weight is 1250 g/mol. The lowest BCUT2D eigenvalue weighted by Crippen LogP contribution is -2.65. The van der Waals surface area contributed by atoms with E-state index < -0.39 is 118 Å². The summed E-state index contributed by atoms with van der Waals surface area (Å²) in [5.41, 5.74) is 0.648. The zero-order valence-electron chi connectivity index (χ0n) is 56.2. The maximum atomic E-state index is 6.64. The monoisotopic (exact) mass is 1250 g/mol. The molecular formula is C47H130O10Si14. The van der Waals surface area contributed by atoms with Crippen molar-refractivity contribution in [2.75, 3.05) is 0 Å². The Hall–Kier alpha value is 2.64. The normalized spacial score (nSPS) is 15.4. The van der Waals surface area contributed by atoms with Gasteiger partial charge in [-0.05, 0) is 220 Å². The molecule has 71 heavy (non-hydrogen) atoms. The Labute approximate surface area is 461 Å². The molecule has 0 aromatic carbocycles. The molecule has 0 spiro atoms. The minimum absolute atomic E-state index is 0.0894. The first-order valence-corrected chi connectivity index (χ1v) is 69.0. The van der Waals surface area contributed by atoms with E-state index >= 15 is 0 Å². The van der Waals surface area contributed by atoms with Crippen LogP contribution in [0.25, 0.3) is 0 Å². The zero-order chi connectivity index (χ0) is 59.1. The van der Waals surface area contributed by atoms with Gasteiger partial charge in [-0.1, -0.05) is 76.2 Å². The fourth-order valence-electron chi connectivity index (χ4n) is 6.87. The molecule has 0 amide bonds. The van der Waals surface area contributed by atoms with E-state index in [2.05, 4.69) is 286 Å². The van der Waals surface area contributed by atoms with Crippen molar-refractivity contribution < 1.29 is 41.2 Å². The molecule has 0 unspecified atom stereocenters. The Morgan fingerprint density at radius 3 is 0.648 bits per heavy atom. The smallest absolute Gasteiger partial charge is 0.437 e. The van der Waals surface area contributed by atoms with Gasteiger partial charge in [0.25, 0.3) is 0 Å². The lowest BCUT2D eigenvalue weighted by Gasteiger charge is -2.49. The molecule has 0 aromatic heterocycles. The molecule has 0 bridgehead atoms. The third-order valence-electron chi connectivity index (χ3n) is 10.4. The molecular weight excluding hydrogens is 1120 g/mol. The Morgan fingerprint density at radius 1 is 0.239 bits per heavy atom. The first-order valence-electron chi connectivity index (χ1n) is 26.8. The zero-order valence-corrected chi connectivity index (χ0v) is 70.2. The minimum Gasteiger partial charge on any atom is -0.437 e. The molecule has 0 rings (SSSR count). The van der Waals surface area contributed by atoms with Gasteiger partial charge in [-0.2, -0.15) is 0 Å². The molecule has 0 N–H and O–H groups in total. The highest BCUT2D eigenvalue weighted by atomic mass is 28.5. The van der Waals surface area contributed by atoms with Crippen LogP contribution in [0, 0.1) is 0 Å². The molecule has 10 nitrogen and oxygen atoms in total. The first-order chi connectivity index (χ1) is 29.8. The molecule has 0 aromatic rings. The Balaban J connectivity index is -0.000000425. The lowest BCUT2D eigenvalue weighted by molar-refractivity contribution is 0.216. The second-order valence-electron chi connectivity index (χ2n) is 32.5. The lowest BCUT2D eigenvalue weighted by atomic mass is 10.2. The van der Waals surface area contributed by atoms with Crippen LogP contribution in [0.2, 0.25) is 230 Å². The van der Waals surface area contributed by atoms with Crippen LogP contribution in [0.3, 0.4) is 0 Å². The number of hydrogen-bond acceptors (Lipinski definition) is 10. The predicted molar refractivity (Wildman–Crippen MR) is 353 cm³/mol. The molecule has 0 aliphatic heterocycles. The van der Waals surface area contributed by atoms with E-state index in [0.717, 1.165) is 0 Å². The Morgan fingerprint density at radius 2 is 0.465 bits per heavy atom. The van der Waals surface area contributed by atoms with Crippen LogP contribution < -0.4 is 0 Å². The summed E-state index contributed by atoms with van der Waals surface area (Å²) in [6, 6.07) is 0. The van der Waals surface area contributed by atoms with Crippen molar-refractivity contribution >= 4 is 118 Å². The maximum absolute atomic E-state index is 6.64. The van der Waals surface area contributed by atoms with E-state index in [-0.39, 0.29) is 15.1 Å². The van der Waals surface area contributed by atoms with E-state index in [0.29, 0.717) is 5.54 Å². The quantitative estimate of drug-likeness (QED) is 0.103. The topological polar surface area (TPSA) is 92.3 Å². The van der Waals surface area contributed by atoms with Crippen molar-refractivity contribution in [3.8, 4) is 0 Å². The average Bonchev–Trinajstić information content (AvgIpc) is 2.86. The Bertz CT molecular complexity index is 1490. The van der Waals surface area contributed by atoms with Gasteiger partial charge < -0.3 is 41.2 Å². The Kier molecular flexibility index (Phi) is 30.4. The fourth-order valence-corrected chi connectivity index (χ4v) is 64.5. The van der Waals surface area contributed by atoms with Gasteiger partial charge in [0.15, 0.2) is 74.9 Å². The second kappa shape index (κ2) is 26.9. The van der Waals surface area contributed by atoms with Crippen molar-refractivity contribution in [2.45, 2.75) is 306 Å². The first kappa shape index (κ1) is 80.1. The van der Waals surface area contributed by atoms with E-state index in [1.807, 2.05) is 0 Å². The molecule has 0 aliphatic rings. The molecule has 0 saturated heterocycles. The third-order valence-corrected chi connectivity index (χ3v) is 60.8. The van der Waals surface area contributed by atoms with Crippen molar-refractivity contribution in [1.82, 2.24) is 0 Å². The van der Waals surface area contributed by atoms with Gasteiger partial charge in [-0.25, -0.2) is 0 Å². The van der Waals surface area contributed by atoms with Gasteiger partial charge in [0.2, 0.25) is 0 Å². The van der Waals surface area contributed by atoms with Gasteiger partial charge in [0.1, 0.15) is 0 Å². The van der Waals surface area contributed by atoms with Gasteiger partial charge >= 0.3 is 43.0 Å². The van der Waals surface area contributed by atoms with Crippen LogP contribution in [0.4, 0.5) is 0 Å². The summed E-state index contributed by atoms with van der Waals surface area (Å²) in [7, 11) is -25.7. The molecule has 0 saturated carbocycles. The van der Waals surface area contributed by atoms with E-state index in [1.165, 1.54) is 0 Å². The van der Waals surface area contributed by atoms with Crippen LogP contribution in [0.1, 0.15) is 76.2 Å². The van der Waals surface area contributed by atoms with Crippen molar-refractivity contribution in [1.29, 1.82) is 0 Å². The third kappa shape index (κ3) is 39.6. The summed E-state index contributed by atoms with van der Waals surface area (Å²) in [6.07, 6.45) is 0. The van der Waals surface area contributed by atoms with Crippen molar-refractivity contribution in [3.05, 3.63) is 0 Å². The molecule has 0 fully saturated rings. The largest absolute Gasteiger partial charge is 0.475 e. The molecule has 0 atom stereocenters. The van der Waals surface area contributed by atoms with Gasteiger partial charge in [-0.3, -0.25) is 0 Å². The van der Waals surface area contributed by atoms with Gasteiger partial charge in [0, 0.05) is 10.1 Å². The van der Waals surface area contributed by atoms with Crippen LogP contribution in [0.5, 0.6) is 0 Å². The van der Waals surface area contributed by atoms with Crippen LogP contribution >= 0.6 is 0 Å². The summed E-state index contributed by atoms with van der Waals surface area (Å²) in [6.45, 7) is 95.9. The highest BCUT2D eigenvalue weighted by Gasteiger charge is 2.58. The highest BCUT2D eigenvalue weighted by molar-refractivity contribution is 6.92. The maximum Gasteiger partial charge on any atom is 0.475 e.